The van der Waals surface area contributed by atoms with E-state index in [1.165, 1.54) is 31.4 Å². The van der Waals surface area contributed by atoms with Gasteiger partial charge in [-0.25, -0.2) is 8.78 Å². The maximum Gasteiger partial charge on any atom is 0.290 e. The molecule has 2 fully saturated rings. The van der Waals surface area contributed by atoms with Gasteiger partial charge in [0, 0.05) is 11.1 Å². The number of hydrogen-bond donors (Lipinski definition) is 3. The Balaban J connectivity index is 1.40. The van der Waals surface area contributed by atoms with Crippen LogP contribution in [0.3, 0.4) is 0 Å². The number of β-lactam (4-membered cyclic amide) rings is 1. The Hall–Kier alpha value is -4.25. The standard InChI is InChI=1S/C29H29F2N3O6/c1-17-20(11-6-12-22(17)35)25(37)32-21(14-18-8-4-3-5-9-18)23(36)26(38)33-16-29(30,31)28(2)24(33)27(39)34(28)15-19-10-7-13-40-19/h3-13,21,23-24,35-36H,14-16H2,1-2H3,(H,32,37)/t21-,23-,24+,28?/m0/s1. The Kier molecular flexibility index (Phi) is 6.87. The zero-order valence-electron chi connectivity index (χ0n) is 21.9. The van der Waals surface area contributed by atoms with Crippen LogP contribution >= 0.6 is 0 Å². The van der Waals surface area contributed by atoms with E-state index in [0.29, 0.717) is 16.9 Å². The van der Waals surface area contributed by atoms with Gasteiger partial charge in [-0.2, -0.15) is 0 Å². The van der Waals surface area contributed by atoms with Crippen LogP contribution in [-0.2, 0) is 22.6 Å². The van der Waals surface area contributed by atoms with Crippen LogP contribution in [0.4, 0.5) is 8.78 Å². The second-order valence-electron chi connectivity index (χ2n) is 10.4. The van der Waals surface area contributed by atoms with Crippen LogP contribution in [0.15, 0.2) is 71.3 Å². The van der Waals surface area contributed by atoms with Gasteiger partial charge in [0.25, 0.3) is 17.7 Å². The first-order valence-corrected chi connectivity index (χ1v) is 12.8. The molecule has 11 heteroatoms. The molecule has 9 nitrogen and oxygen atoms in total. The third-order valence-corrected chi connectivity index (χ3v) is 7.99. The molecule has 2 aromatic carbocycles. The van der Waals surface area contributed by atoms with Gasteiger partial charge in [-0.15, -0.1) is 0 Å². The Morgan fingerprint density at radius 3 is 2.52 bits per heavy atom. The number of phenolic OH excluding ortho intramolecular Hbond substituents is 1. The van der Waals surface area contributed by atoms with Crippen molar-refractivity contribution in [1.82, 2.24) is 15.1 Å². The molecule has 3 N–H and O–H groups in total. The molecule has 40 heavy (non-hydrogen) atoms. The molecule has 0 saturated carbocycles. The van der Waals surface area contributed by atoms with Crippen molar-refractivity contribution in [2.75, 3.05) is 6.54 Å². The smallest absolute Gasteiger partial charge is 0.290 e. The van der Waals surface area contributed by atoms with E-state index in [9.17, 15) is 24.6 Å². The van der Waals surface area contributed by atoms with Gasteiger partial charge < -0.3 is 29.7 Å². The van der Waals surface area contributed by atoms with E-state index in [1.54, 1.807) is 49.4 Å². The first kappa shape index (κ1) is 27.3. The number of benzene rings is 2. The number of nitrogens with zero attached hydrogens (tertiary/aromatic N) is 2. The van der Waals surface area contributed by atoms with Crippen molar-refractivity contribution in [3.05, 3.63) is 89.4 Å². The van der Waals surface area contributed by atoms with E-state index in [4.69, 9.17) is 4.42 Å². The van der Waals surface area contributed by atoms with Gasteiger partial charge in [-0.05, 0) is 50.1 Å². The molecule has 2 saturated heterocycles. The summed E-state index contributed by atoms with van der Waals surface area (Å²) < 4.78 is 36.1. The number of nitrogens with one attached hydrogen (secondary N) is 1. The quantitative estimate of drug-likeness (QED) is 0.369. The highest BCUT2D eigenvalue weighted by Crippen LogP contribution is 2.53. The number of halogens is 2. The number of carbonyl (C=O) groups excluding carboxylic acids is 3. The third-order valence-electron chi connectivity index (χ3n) is 7.99. The topological polar surface area (TPSA) is 123 Å². The number of fused-ring (bicyclic) bond motifs is 1. The molecule has 0 aliphatic carbocycles. The van der Waals surface area contributed by atoms with Crippen LogP contribution in [0, 0.1) is 6.92 Å². The minimum atomic E-state index is -3.47. The van der Waals surface area contributed by atoms with E-state index < -0.39 is 53.9 Å². The van der Waals surface area contributed by atoms with E-state index in [1.807, 2.05) is 0 Å². The van der Waals surface area contributed by atoms with E-state index in [0.717, 1.165) is 9.80 Å². The van der Waals surface area contributed by atoms with Crippen molar-refractivity contribution in [2.45, 2.75) is 56.5 Å². The summed E-state index contributed by atoms with van der Waals surface area (Å²) in [5.41, 5.74) is -0.900. The van der Waals surface area contributed by atoms with Crippen LogP contribution in [0.25, 0.3) is 0 Å². The van der Waals surface area contributed by atoms with Gasteiger partial charge in [0.2, 0.25) is 5.91 Å². The van der Waals surface area contributed by atoms with E-state index in [2.05, 4.69) is 5.32 Å². The predicted molar refractivity (Wildman–Crippen MR) is 138 cm³/mol. The molecule has 5 rings (SSSR count). The lowest BCUT2D eigenvalue weighted by Crippen LogP contribution is -2.78. The largest absolute Gasteiger partial charge is 0.508 e. The maximum absolute atomic E-state index is 15.4. The molecule has 0 bridgehead atoms. The van der Waals surface area contributed by atoms with Crippen LogP contribution < -0.4 is 5.32 Å². The Bertz CT molecular complexity index is 1430. The molecule has 0 spiro atoms. The lowest BCUT2D eigenvalue weighted by molar-refractivity contribution is -0.193. The number of likely N-dealkylation sites (tertiary alicyclic amines) is 2. The fourth-order valence-electron chi connectivity index (χ4n) is 5.57. The van der Waals surface area contributed by atoms with Gasteiger partial charge in [0.05, 0.1) is 25.4 Å². The van der Waals surface area contributed by atoms with E-state index in [-0.39, 0.29) is 24.3 Å². The molecule has 1 aromatic heterocycles. The van der Waals surface area contributed by atoms with Crippen molar-refractivity contribution in [3.63, 3.8) is 0 Å². The van der Waals surface area contributed by atoms with Crippen molar-refractivity contribution >= 4 is 17.7 Å². The van der Waals surface area contributed by atoms with Crippen LogP contribution in [0.5, 0.6) is 5.75 Å². The van der Waals surface area contributed by atoms with Crippen molar-refractivity contribution in [1.29, 1.82) is 0 Å². The highest BCUT2D eigenvalue weighted by atomic mass is 19.3. The monoisotopic (exact) mass is 553 g/mol. The Labute approximate surface area is 229 Å². The number of aliphatic hydroxyl groups is 1. The first-order chi connectivity index (χ1) is 19.0. The zero-order valence-corrected chi connectivity index (χ0v) is 21.9. The lowest BCUT2D eigenvalue weighted by Gasteiger charge is -2.54. The summed E-state index contributed by atoms with van der Waals surface area (Å²) in [6, 6.07) is 13.6. The van der Waals surface area contributed by atoms with Crippen LogP contribution in [-0.4, -0.2) is 73.9 Å². The normalized spacial score (nSPS) is 22.8. The first-order valence-electron chi connectivity index (χ1n) is 12.8. The number of carbonyl (C=O) groups is 3. The summed E-state index contributed by atoms with van der Waals surface area (Å²) in [4.78, 5) is 41.5. The molecule has 210 valence electrons. The SMILES string of the molecule is Cc1c(O)cccc1C(=O)N[C@@H](Cc1ccccc1)[C@H](O)C(=O)N1CC(F)(F)C2(C)[C@H]1C(=O)N2Cc1ccco1. The summed E-state index contributed by atoms with van der Waals surface area (Å²) in [5.74, 6) is -5.69. The van der Waals surface area contributed by atoms with Crippen LogP contribution in [0.1, 0.15) is 34.2 Å². The van der Waals surface area contributed by atoms with Gasteiger partial charge >= 0.3 is 0 Å². The van der Waals surface area contributed by atoms with Crippen molar-refractivity contribution in [3.8, 4) is 5.75 Å². The predicted octanol–water partition coefficient (Wildman–Crippen LogP) is 2.64. The molecule has 4 atom stereocenters. The number of amides is 3. The number of aromatic hydroxyl groups is 1. The fraction of sp³-hybridized carbons (Fsp3) is 0.345. The second-order valence-corrected chi connectivity index (χ2v) is 10.4. The number of aliphatic hydroxyl groups excluding tert-OH is 1. The van der Waals surface area contributed by atoms with Gasteiger partial charge in [-0.1, -0.05) is 36.4 Å². The molecule has 2 aliphatic heterocycles. The van der Waals surface area contributed by atoms with Gasteiger partial charge in [0.15, 0.2) is 6.10 Å². The molecular weight excluding hydrogens is 524 g/mol. The zero-order chi connectivity index (χ0) is 28.8. The fourth-order valence-corrected chi connectivity index (χ4v) is 5.57. The lowest BCUT2D eigenvalue weighted by atomic mass is 9.78. The third kappa shape index (κ3) is 4.40. The highest BCUT2D eigenvalue weighted by Gasteiger charge is 2.77. The summed E-state index contributed by atoms with van der Waals surface area (Å²) in [6.07, 6.45) is -0.563. The molecule has 1 unspecified atom stereocenters. The summed E-state index contributed by atoms with van der Waals surface area (Å²) in [5, 5.41) is 23.9. The number of hydrogen-bond acceptors (Lipinski definition) is 6. The van der Waals surface area contributed by atoms with E-state index >= 15 is 8.78 Å². The maximum atomic E-state index is 15.4. The average molecular weight is 554 g/mol. The van der Waals surface area contributed by atoms with Crippen molar-refractivity contribution < 1.29 is 37.8 Å². The summed E-state index contributed by atoms with van der Waals surface area (Å²) in [7, 11) is 0. The van der Waals surface area contributed by atoms with Crippen LogP contribution in [0.2, 0.25) is 0 Å². The average Bonchev–Trinajstić information content (AvgIpc) is 3.51. The Morgan fingerprint density at radius 2 is 1.85 bits per heavy atom. The number of furan rings is 1. The molecule has 3 heterocycles. The number of phenols is 1. The van der Waals surface area contributed by atoms with Gasteiger partial charge in [-0.3, -0.25) is 14.4 Å². The molecule has 3 amide bonds. The summed E-state index contributed by atoms with van der Waals surface area (Å²) >= 11 is 0. The number of alkyl halides is 2. The molecule has 0 radical (unpaired) electrons. The minimum Gasteiger partial charge on any atom is -0.508 e. The molecular formula is C29H29F2N3O6. The summed E-state index contributed by atoms with van der Waals surface area (Å²) in [6.45, 7) is 1.51. The highest BCUT2D eigenvalue weighted by molar-refractivity contribution is 5.99. The number of rotatable bonds is 8. The van der Waals surface area contributed by atoms with Crippen molar-refractivity contribution in [2.24, 2.45) is 0 Å². The Morgan fingerprint density at radius 1 is 1.12 bits per heavy atom. The molecule has 2 aliphatic rings. The molecule has 3 aromatic rings. The van der Waals surface area contributed by atoms with Gasteiger partial charge in [0.1, 0.15) is 23.1 Å². The second kappa shape index (κ2) is 10.1. The minimum absolute atomic E-state index is 0.00207.